The fraction of sp³-hybridized carbons (Fsp3) is 1.00. The van der Waals surface area contributed by atoms with E-state index in [4.69, 9.17) is 5.21 Å². The van der Waals surface area contributed by atoms with Gasteiger partial charge in [-0.25, -0.2) is 0 Å². The van der Waals surface area contributed by atoms with Gasteiger partial charge in [0.15, 0.2) is 0 Å². The van der Waals surface area contributed by atoms with Gasteiger partial charge >= 0.3 is 0 Å². The topological polar surface area (TPSA) is 45.9 Å². The molecule has 0 aliphatic heterocycles. The first-order valence-corrected chi connectivity index (χ1v) is 9.99. The van der Waals surface area contributed by atoms with E-state index in [2.05, 4.69) is 39.8 Å². The quantitative estimate of drug-likeness (QED) is 0.430. The maximum absolute atomic E-state index is 7.75. The first-order chi connectivity index (χ1) is 4.25. The minimum atomic E-state index is -0.720. The zero-order valence-electron chi connectivity index (χ0n) is 7.99. The Kier molecular flexibility index (Phi) is 5.55. The minimum absolute atomic E-state index is 0.638. The molecule has 0 amide bonds. The van der Waals surface area contributed by atoms with Crippen molar-refractivity contribution in [1.82, 2.24) is 0 Å². The summed E-state index contributed by atoms with van der Waals surface area (Å²) in [5.74, 6) is 3.25. The largest absolute Gasteiger partial charge is 0.181 e. The van der Waals surface area contributed by atoms with Crippen molar-refractivity contribution in [3.8, 4) is 0 Å². The first kappa shape index (κ1) is 13.0. The molecule has 0 unspecified atom stereocenters. The van der Waals surface area contributed by atoms with Crippen molar-refractivity contribution in [2.75, 3.05) is 0 Å². The number of nitrogens with two attached hydrogens (primary N) is 1. The summed E-state index contributed by atoms with van der Waals surface area (Å²) >= 11 is 0. The van der Waals surface area contributed by atoms with Gasteiger partial charge in [0, 0.05) is 7.59 Å². The van der Waals surface area contributed by atoms with Gasteiger partial charge in [-0.2, -0.15) is 5.90 Å². The Labute approximate surface area is 68.0 Å². The first-order valence-electron chi connectivity index (χ1n) is 3.49. The van der Waals surface area contributed by atoms with Crippen LogP contribution in [-0.4, -0.2) is 17.4 Å². The monoisotopic (exact) mass is 178 g/mol. The Balaban J connectivity index is 0. The molecule has 0 bridgehead atoms. The summed E-state index contributed by atoms with van der Waals surface area (Å²) in [7, 11) is 0.706. The van der Waals surface area contributed by atoms with Gasteiger partial charge in [-0.05, 0) is 14.8 Å². The average molecular weight is 178 g/mol. The Bertz CT molecular complexity index is 70.7. The van der Waals surface area contributed by atoms with E-state index in [1.54, 1.807) is 0 Å². The van der Waals surface area contributed by atoms with Crippen LogP contribution in [0, 0.1) is 0 Å². The van der Waals surface area contributed by atoms with E-state index in [0.717, 1.165) is 0 Å². The maximum atomic E-state index is 7.75. The van der Waals surface area contributed by atoms with Crippen molar-refractivity contribution < 1.29 is 5.21 Å². The van der Waals surface area contributed by atoms with E-state index in [9.17, 15) is 0 Å². The molecule has 0 aliphatic rings. The van der Waals surface area contributed by atoms with E-state index >= 15 is 0 Å². The molecule has 10 heavy (non-hydrogen) atoms. The van der Waals surface area contributed by atoms with Crippen molar-refractivity contribution in [2.24, 2.45) is 5.90 Å². The fourth-order valence-corrected chi connectivity index (χ4v) is 0. The third-order valence-corrected chi connectivity index (χ3v) is 11.2. The third kappa shape index (κ3) is 5.16. The number of rotatable bonds is 0. The van der Waals surface area contributed by atoms with Gasteiger partial charge in [0.2, 0.25) is 0 Å². The smallest absolute Gasteiger partial charge is 0.0356 e. The van der Waals surface area contributed by atoms with Crippen LogP contribution in [0.2, 0.25) is 18.1 Å². The normalized spacial score (nSPS) is 12.3. The van der Waals surface area contributed by atoms with Crippen molar-refractivity contribution >= 4 is 17.4 Å². The molecule has 0 atom stereocenters. The van der Waals surface area contributed by atoms with Crippen molar-refractivity contribution in [1.29, 1.82) is 0 Å². The van der Waals surface area contributed by atoms with E-state index in [0.29, 0.717) is 5.04 Å². The van der Waals surface area contributed by atoms with Crippen LogP contribution in [0.25, 0.3) is 0 Å². The van der Waals surface area contributed by atoms with Crippen LogP contribution in [0.4, 0.5) is 0 Å². The molecule has 0 heterocycles. The molecule has 0 spiro atoms. The van der Waals surface area contributed by atoms with Gasteiger partial charge in [0.25, 0.3) is 0 Å². The summed E-state index contributed by atoms with van der Waals surface area (Å²) in [6.07, 6.45) is 0. The average Bonchev–Trinajstić information content (AvgIpc) is 1.66. The molecule has 0 aromatic heterocycles. The lowest BCUT2D eigenvalue weighted by Crippen LogP contribution is -2.37. The zero-order valence-corrected chi connectivity index (χ0v) is 11.0. The maximum Gasteiger partial charge on any atom is 0.0356 e. The Hall–Kier alpha value is 0.354. The van der Waals surface area contributed by atoms with Crippen molar-refractivity contribution in [3.05, 3.63) is 0 Å². The Morgan fingerprint density at radius 1 is 1.20 bits per heavy atom. The molecule has 4 heteroatoms. The highest BCUT2D eigenvalue weighted by Crippen LogP contribution is 2.32. The highest BCUT2D eigenvalue weighted by molar-refractivity contribution is 7.17. The summed E-state index contributed by atoms with van der Waals surface area (Å²) < 4.78 is 0. The lowest BCUT2D eigenvalue weighted by atomic mass is 10.2. The van der Waals surface area contributed by atoms with Crippen LogP contribution in [0.3, 0.4) is 0 Å². The summed E-state index contributed by atoms with van der Waals surface area (Å²) in [5.41, 5.74) is 0. The molecule has 0 aliphatic carbocycles. The van der Waals surface area contributed by atoms with Gasteiger partial charge in [-0.3, -0.25) is 0 Å². The minimum Gasteiger partial charge on any atom is -0.181 e. The second-order valence-electron chi connectivity index (χ2n) is 4.50. The lowest BCUT2D eigenvalue weighted by molar-refractivity contribution is 0.201. The van der Waals surface area contributed by atoms with Crippen LogP contribution < -0.4 is 5.90 Å². The zero-order chi connectivity index (χ0) is 9.00. The van der Waals surface area contributed by atoms with E-state index in [-0.39, 0.29) is 0 Å². The molecule has 0 aromatic rings. The second-order valence-corrected chi connectivity index (χ2v) is 18.0. The van der Waals surface area contributed by atoms with Gasteiger partial charge < -0.3 is 0 Å². The summed E-state index contributed by atoms with van der Waals surface area (Å²) in [5, 5.41) is 8.39. The third-order valence-electron chi connectivity index (χ3n) is 2.25. The molecule has 0 saturated carbocycles. The highest BCUT2D eigenvalue weighted by Gasteiger charge is 2.28. The van der Waals surface area contributed by atoms with Gasteiger partial charge in [-0.1, -0.05) is 33.9 Å². The molecular formula is C6H20NOSi2. The molecule has 0 saturated heterocycles. The van der Waals surface area contributed by atoms with Crippen LogP contribution in [0.5, 0.6) is 0 Å². The molecule has 63 valence electrons. The molecule has 1 radical (unpaired) electrons. The van der Waals surface area contributed by atoms with Gasteiger partial charge in [0.05, 0.1) is 0 Å². The molecule has 0 rings (SSSR count). The van der Waals surface area contributed by atoms with Crippen molar-refractivity contribution in [3.63, 3.8) is 0 Å². The standard InChI is InChI=1S/C6H18Si2.H2NO/c1-6(2,3)8(4,5)7;1-2/h1-5,7H3;1H2. The SMILES string of the molecule is CC(C)(C)[Si](C)(C)[SiH3].N[O]. The van der Waals surface area contributed by atoms with Crippen LogP contribution in [0.1, 0.15) is 20.8 Å². The molecular weight excluding hydrogens is 158 g/mol. The van der Waals surface area contributed by atoms with Crippen LogP contribution in [0.15, 0.2) is 0 Å². The highest BCUT2D eigenvalue weighted by atomic mass is 29.2. The lowest BCUT2D eigenvalue weighted by Gasteiger charge is -2.33. The molecule has 0 aromatic carbocycles. The summed E-state index contributed by atoms with van der Waals surface area (Å²) in [4.78, 5) is 0. The Morgan fingerprint density at radius 2 is 1.30 bits per heavy atom. The van der Waals surface area contributed by atoms with Crippen LogP contribution in [-0.2, 0) is 5.21 Å². The van der Waals surface area contributed by atoms with Gasteiger partial charge in [-0.15, -0.1) is 5.21 Å². The van der Waals surface area contributed by atoms with Gasteiger partial charge in [0.1, 0.15) is 0 Å². The van der Waals surface area contributed by atoms with Crippen molar-refractivity contribution in [2.45, 2.75) is 38.9 Å². The van der Waals surface area contributed by atoms with E-state index < -0.39 is 7.59 Å². The van der Waals surface area contributed by atoms with E-state index in [1.807, 2.05) is 0 Å². The summed E-state index contributed by atoms with van der Waals surface area (Å²) in [6, 6.07) is 0. The summed E-state index contributed by atoms with van der Waals surface area (Å²) in [6.45, 7) is 12.0. The predicted octanol–water partition coefficient (Wildman–Crippen LogP) is 0.648. The molecule has 2 N–H and O–H groups in total. The predicted molar refractivity (Wildman–Crippen MR) is 52.0 cm³/mol. The Morgan fingerprint density at radius 3 is 1.30 bits per heavy atom. The second kappa shape index (κ2) is 4.28. The van der Waals surface area contributed by atoms with E-state index in [1.165, 1.54) is 9.76 Å². The fourth-order valence-electron chi connectivity index (χ4n) is 0. The molecule has 2 nitrogen and oxygen atoms in total. The number of hydrogen-bond acceptors (Lipinski definition) is 1. The molecule has 0 fully saturated rings. The number of hydrogen-bond donors (Lipinski definition) is 1. The van der Waals surface area contributed by atoms with Crippen LogP contribution >= 0.6 is 0 Å².